The molecule has 6 heteroatoms. The van der Waals surface area contributed by atoms with Crippen molar-refractivity contribution in [1.29, 1.82) is 0 Å². The van der Waals surface area contributed by atoms with Gasteiger partial charge in [-0.2, -0.15) is 4.98 Å². The van der Waals surface area contributed by atoms with Crippen LogP contribution in [0, 0.1) is 12.8 Å². The molecule has 1 amide bonds. The maximum Gasteiger partial charge on any atom is 0.224 e. The molecule has 0 radical (unpaired) electrons. The third-order valence-electron chi connectivity index (χ3n) is 3.42. The summed E-state index contributed by atoms with van der Waals surface area (Å²) in [4.78, 5) is 16.1. The van der Waals surface area contributed by atoms with Crippen molar-refractivity contribution in [2.75, 3.05) is 0 Å². The number of hydrogen-bond acceptors (Lipinski definition) is 4. The Labute approximate surface area is 124 Å². The Morgan fingerprint density at radius 1 is 1.45 bits per heavy atom. The van der Waals surface area contributed by atoms with Crippen LogP contribution in [0.25, 0.3) is 0 Å². The molecule has 2 aromatic rings. The van der Waals surface area contributed by atoms with Crippen LogP contribution in [-0.2, 0) is 11.3 Å². The zero-order valence-corrected chi connectivity index (χ0v) is 12.6. The number of amides is 1. The number of carbonyl (C=O) groups is 1. The predicted octanol–water partition coefficient (Wildman–Crippen LogP) is 2.56. The highest BCUT2D eigenvalue weighted by molar-refractivity contribution is 9.10. The quantitative estimate of drug-likeness (QED) is 0.932. The number of nitrogens with zero attached hydrogens (tertiary/aromatic N) is 2. The molecule has 3 rings (SSSR count). The minimum absolute atomic E-state index is 0.0559. The Bertz CT molecular complexity index is 624. The van der Waals surface area contributed by atoms with E-state index in [1.54, 1.807) is 6.92 Å². The lowest BCUT2D eigenvalue weighted by atomic mass is 10.1. The molecular weight excluding hydrogens is 322 g/mol. The Morgan fingerprint density at radius 3 is 2.85 bits per heavy atom. The van der Waals surface area contributed by atoms with Gasteiger partial charge < -0.3 is 9.84 Å². The number of benzene rings is 1. The van der Waals surface area contributed by atoms with E-state index in [0.29, 0.717) is 24.2 Å². The van der Waals surface area contributed by atoms with Gasteiger partial charge in [-0.3, -0.25) is 4.79 Å². The minimum atomic E-state index is 0.0559. The second-order valence-electron chi connectivity index (χ2n) is 4.95. The fourth-order valence-corrected chi connectivity index (χ4v) is 2.54. The van der Waals surface area contributed by atoms with Crippen molar-refractivity contribution >= 4 is 21.8 Å². The second-order valence-corrected chi connectivity index (χ2v) is 5.86. The maximum atomic E-state index is 12.0. The highest BCUT2D eigenvalue weighted by atomic mass is 79.9. The summed E-state index contributed by atoms with van der Waals surface area (Å²) >= 11 is 3.41. The lowest BCUT2D eigenvalue weighted by Gasteiger charge is -2.02. The number of aryl methyl sites for hydroxylation is 1. The van der Waals surface area contributed by atoms with E-state index in [4.69, 9.17) is 4.52 Å². The monoisotopic (exact) mass is 335 g/mol. The summed E-state index contributed by atoms with van der Waals surface area (Å²) in [6.07, 6.45) is 0.902. The largest absolute Gasteiger partial charge is 0.348 e. The molecule has 2 atom stereocenters. The first kappa shape index (κ1) is 13.3. The third kappa shape index (κ3) is 2.90. The van der Waals surface area contributed by atoms with Crippen LogP contribution < -0.4 is 5.32 Å². The maximum absolute atomic E-state index is 12.0. The van der Waals surface area contributed by atoms with Crippen LogP contribution in [0.3, 0.4) is 0 Å². The molecule has 0 saturated heterocycles. The van der Waals surface area contributed by atoms with Gasteiger partial charge in [0, 0.05) is 17.3 Å². The van der Waals surface area contributed by atoms with Gasteiger partial charge in [-0.1, -0.05) is 33.2 Å². The molecule has 20 heavy (non-hydrogen) atoms. The lowest BCUT2D eigenvalue weighted by Crippen LogP contribution is -2.25. The molecular formula is C14H14BrN3O2. The van der Waals surface area contributed by atoms with Gasteiger partial charge in [0.25, 0.3) is 0 Å². The molecule has 1 heterocycles. The van der Waals surface area contributed by atoms with E-state index < -0.39 is 0 Å². The van der Waals surface area contributed by atoms with E-state index in [2.05, 4.69) is 43.5 Å². The number of nitrogens with one attached hydrogen (secondary N) is 1. The SMILES string of the molecule is Cc1nc(CNC(=O)[C@@H]2C[C@H]2c2ccc(Br)cc2)no1. The molecule has 104 valence electrons. The number of aromatic nitrogens is 2. The summed E-state index contributed by atoms with van der Waals surface area (Å²) in [5.74, 6) is 1.46. The third-order valence-corrected chi connectivity index (χ3v) is 3.94. The van der Waals surface area contributed by atoms with Gasteiger partial charge in [0.2, 0.25) is 11.8 Å². The van der Waals surface area contributed by atoms with Gasteiger partial charge >= 0.3 is 0 Å². The Hall–Kier alpha value is -1.69. The first-order chi connectivity index (χ1) is 9.63. The van der Waals surface area contributed by atoms with Crippen molar-refractivity contribution in [3.8, 4) is 0 Å². The molecule has 0 bridgehead atoms. The number of halogens is 1. The number of carbonyl (C=O) groups excluding carboxylic acids is 1. The highest BCUT2D eigenvalue weighted by Crippen LogP contribution is 2.47. The number of hydrogen-bond donors (Lipinski definition) is 1. The molecule has 1 saturated carbocycles. The van der Waals surface area contributed by atoms with Crippen molar-refractivity contribution in [2.24, 2.45) is 5.92 Å². The van der Waals surface area contributed by atoms with Crippen LogP contribution in [0.1, 0.15) is 29.6 Å². The van der Waals surface area contributed by atoms with E-state index in [9.17, 15) is 4.79 Å². The van der Waals surface area contributed by atoms with Crippen molar-refractivity contribution in [3.05, 3.63) is 46.0 Å². The summed E-state index contributed by atoms with van der Waals surface area (Å²) in [5, 5.41) is 6.60. The van der Waals surface area contributed by atoms with Gasteiger partial charge in [0.1, 0.15) is 0 Å². The molecule has 1 aliphatic carbocycles. The summed E-state index contributed by atoms with van der Waals surface area (Å²) in [6, 6.07) is 8.13. The number of rotatable bonds is 4. The van der Waals surface area contributed by atoms with E-state index >= 15 is 0 Å². The predicted molar refractivity (Wildman–Crippen MR) is 75.9 cm³/mol. The van der Waals surface area contributed by atoms with Gasteiger partial charge in [-0.25, -0.2) is 0 Å². The standard InChI is InChI=1S/C14H14BrN3O2/c1-8-17-13(18-20-8)7-16-14(19)12-6-11(12)9-2-4-10(15)5-3-9/h2-5,11-12H,6-7H2,1H3,(H,16,19)/t11-,12+/m0/s1. The normalized spacial score (nSPS) is 20.7. The van der Waals surface area contributed by atoms with E-state index in [-0.39, 0.29) is 11.8 Å². The fraction of sp³-hybridized carbons (Fsp3) is 0.357. The summed E-state index contributed by atoms with van der Waals surface area (Å²) in [7, 11) is 0. The van der Waals surface area contributed by atoms with Crippen LogP contribution in [0.2, 0.25) is 0 Å². The van der Waals surface area contributed by atoms with Crippen LogP contribution in [-0.4, -0.2) is 16.0 Å². The highest BCUT2D eigenvalue weighted by Gasteiger charge is 2.43. The molecule has 0 aliphatic heterocycles. The van der Waals surface area contributed by atoms with Crippen LogP contribution in [0.5, 0.6) is 0 Å². The van der Waals surface area contributed by atoms with Gasteiger partial charge in [0.15, 0.2) is 5.82 Å². The van der Waals surface area contributed by atoms with Crippen LogP contribution >= 0.6 is 15.9 Å². The molecule has 0 spiro atoms. The Kier molecular flexibility index (Phi) is 3.56. The van der Waals surface area contributed by atoms with Crippen LogP contribution in [0.4, 0.5) is 0 Å². The summed E-state index contributed by atoms with van der Waals surface area (Å²) < 4.78 is 5.91. The van der Waals surface area contributed by atoms with Gasteiger partial charge in [-0.05, 0) is 30.0 Å². The Balaban J connectivity index is 1.53. The minimum Gasteiger partial charge on any atom is -0.348 e. The smallest absolute Gasteiger partial charge is 0.224 e. The second kappa shape index (κ2) is 5.36. The van der Waals surface area contributed by atoms with Crippen molar-refractivity contribution < 1.29 is 9.32 Å². The molecule has 0 unspecified atom stereocenters. The Morgan fingerprint density at radius 2 is 2.20 bits per heavy atom. The average molecular weight is 336 g/mol. The summed E-state index contributed by atoms with van der Waals surface area (Å²) in [5.41, 5.74) is 1.21. The topological polar surface area (TPSA) is 68.0 Å². The zero-order chi connectivity index (χ0) is 14.1. The van der Waals surface area contributed by atoms with Gasteiger partial charge in [-0.15, -0.1) is 0 Å². The molecule has 1 N–H and O–H groups in total. The molecule has 1 fully saturated rings. The lowest BCUT2D eigenvalue weighted by molar-refractivity contribution is -0.122. The average Bonchev–Trinajstić information content (AvgIpc) is 3.13. The van der Waals surface area contributed by atoms with Crippen LogP contribution in [0.15, 0.2) is 33.3 Å². The van der Waals surface area contributed by atoms with Crippen molar-refractivity contribution in [2.45, 2.75) is 25.8 Å². The fourth-order valence-electron chi connectivity index (χ4n) is 2.27. The summed E-state index contributed by atoms with van der Waals surface area (Å²) in [6.45, 7) is 2.04. The van der Waals surface area contributed by atoms with E-state index in [1.165, 1.54) is 5.56 Å². The van der Waals surface area contributed by atoms with Crippen molar-refractivity contribution in [1.82, 2.24) is 15.5 Å². The molecule has 1 aliphatic rings. The zero-order valence-electron chi connectivity index (χ0n) is 11.0. The first-order valence-electron chi connectivity index (χ1n) is 6.46. The van der Waals surface area contributed by atoms with E-state index in [0.717, 1.165) is 10.9 Å². The molecule has 1 aromatic carbocycles. The van der Waals surface area contributed by atoms with E-state index in [1.807, 2.05) is 12.1 Å². The van der Waals surface area contributed by atoms with Crippen molar-refractivity contribution in [3.63, 3.8) is 0 Å². The molecule has 1 aromatic heterocycles. The molecule has 5 nitrogen and oxygen atoms in total. The first-order valence-corrected chi connectivity index (χ1v) is 7.25. The van der Waals surface area contributed by atoms with Gasteiger partial charge in [0.05, 0.1) is 6.54 Å².